The van der Waals surface area contributed by atoms with Crippen molar-refractivity contribution in [2.75, 3.05) is 25.5 Å². The lowest BCUT2D eigenvalue weighted by molar-refractivity contribution is 0.102. The van der Waals surface area contributed by atoms with Crippen LogP contribution in [0.15, 0.2) is 58.5 Å². The highest BCUT2D eigenvalue weighted by molar-refractivity contribution is 6.11. The fourth-order valence-corrected chi connectivity index (χ4v) is 5.95. The van der Waals surface area contributed by atoms with E-state index in [0.29, 0.717) is 28.6 Å². The minimum absolute atomic E-state index is 0.105. The van der Waals surface area contributed by atoms with Gasteiger partial charge in [0.2, 0.25) is 0 Å². The van der Waals surface area contributed by atoms with E-state index in [1.807, 2.05) is 38.1 Å². The summed E-state index contributed by atoms with van der Waals surface area (Å²) in [6.07, 6.45) is 4.72. The molecular weight excluding hydrogens is 452 g/mol. The van der Waals surface area contributed by atoms with Gasteiger partial charge in [0, 0.05) is 17.6 Å². The average Bonchev–Trinajstić information content (AvgIpc) is 3.56. The SMILES string of the molecule is CC(C)Cn1c(=O)c(C(=O)Nc2cccc(CC34CCN(C)CCC3C4)c2)c(N=O)c2ccccc21. The number of nitroso groups, excluding NO2 is 1. The van der Waals surface area contributed by atoms with Crippen molar-refractivity contribution in [1.82, 2.24) is 9.47 Å². The molecule has 1 aliphatic heterocycles. The van der Waals surface area contributed by atoms with E-state index in [9.17, 15) is 14.5 Å². The van der Waals surface area contributed by atoms with Crippen molar-refractivity contribution in [3.8, 4) is 0 Å². The molecular formula is C29H34N4O3. The molecule has 2 aromatic carbocycles. The third-order valence-corrected chi connectivity index (χ3v) is 7.96. The summed E-state index contributed by atoms with van der Waals surface area (Å²) in [5.41, 5.74) is 1.98. The number of carbonyl (C=O) groups excluding carboxylic acids is 1. The molecule has 1 amide bonds. The zero-order valence-electron chi connectivity index (χ0n) is 21.3. The van der Waals surface area contributed by atoms with Crippen molar-refractivity contribution < 1.29 is 4.79 Å². The number of nitrogens with one attached hydrogen (secondary N) is 1. The Kier molecular flexibility index (Phi) is 6.51. The van der Waals surface area contributed by atoms with Gasteiger partial charge in [-0.25, -0.2) is 0 Å². The van der Waals surface area contributed by atoms with Gasteiger partial charge in [0.15, 0.2) is 0 Å². The molecule has 0 spiro atoms. The van der Waals surface area contributed by atoms with Crippen LogP contribution in [-0.4, -0.2) is 35.5 Å². The van der Waals surface area contributed by atoms with Crippen molar-refractivity contribution in [3.63, 3.8) is 0 Å². The maximum Gasteiger partial charge on any atom is 0.266 e. The van der Waals surface area contributed by atoms with Crippen LogP contribution in [-0.2, 0) is 13.0 Å². The van der Waals surface area contributed by atoms with Crippen LogP contribution in [0.25, 0.3) is 10.9 Å². The number of likely N-dealkylation sites (tertiary alicyclic amines) is 1. The molecule has 1 aromatic heterocycles. The third kappa shape index (κ3) is 4.60. The second kappa shape index (κ2) is 9.62. The first-order chi connectivity index (χ1) is 17.3. The van der Waals surface area contributed by atoms with Crippen LogP contribution in [0.2, 0.25) is 0 Å². The fraction of sp³-hybridized carbons (Fsp3) is 0.448. The monoisotopic (exact) mass is 486 g/mol. The third-order valence-electron chi connectivity index (χ3n) is 7.96. The van der Waals surface area contributed by atoms with Crippen LogP contribution < -0.4 is 10.9 Å². The summed E-state index contributed by atoms with van der Waals surface area (Å²) in [6, 6.07) is 15.0. The summed E-state index contributed by atoms with van der Waals surface area (Å²) in [5.74, 6) is 0.357. The molecule has 5 rings (SSSR count). The zero-order chi connectivity index (χ0) is 25.4. The number of benzene rings is 2. The Bertz CT molecular complexity index is 1380. The fourth-order valence-electron chi connectivity index (χ4n) is 5.95. The molecule has 2 aliphatic rings. The van der Waals surface area contributed by atoms with Crippen LogP contribution >= 0.6 is 0 Å². The average molecular weight is 487 g/mol. The number of hydrogen-bond acceptors (Lipinski definition) is 5. The van der Waals surface area contributed by atoms with E-state index >= 15 is 0 Å². The van der Waals surface area contributed by atoms with Crippen LogP contribution in [0, 0.1) is 22.2 Å². The summed E-state index contributed by atoms with van der Waals surface area (Å²) in [4.78, 5) is 41.2. The molecule has 1 aliphatic carbocycles. The molecule has 188 valence electrons. The van der Waals surface area contributed by atoms with Gasteiger partial charge in [0.1, 0.15) is 11.3 Å². The van der Waals surface area contributed by atoms with Gasteiger partial charge in [-0.2, -0.15) is 0 Å². The second-order valence-corrected chi connectivity index (χ2v) is 11.1. The molecule has 1 saturated carbocycles. The Morgan fingerprint density at radius 3 is 2.75 bits per heavy atom. The molecule has 7 heteroatoms. The lowest BCUT2D eigenvalue weighted by atomic mass is 9.90. The van der Waals surface area contributed by atoms with Crippen LogP contribution in [0.3, 0.4) is 0 Å². The smallest absolute Gasteiger partial charge is 0.266 e. The van der Waals surface area contributed by atoms with Gasteiger partial charge in [-0.15, -0.1) is 4.91 Å². The molecule has 2 atom stereocenters. The number of hydrogen-bond donors (Lipinski definition) is 1. The lowest BCUT2D eigenvalue weighted by Crippen LogP contribution is -2.31. The Labute approximate surface area is 211 Å². The van der Waals surface area contributed by atoms with Gasteiger partial charge in [-0.3, -0.25) is 9.59 Å². The molecule has 0 bridgehead atoms. The molecule has 2 heterocycles. The number of pyridine rings is 1. The first-order valence-electron chi connectivity index (χ1n) is 12.9. The normalized spacial score (nSPS) is 21.7. The molecule has 36 heavy (non-hydrogen) atoms. The summed E-state index contributed by atoms with van der Waals surface area (Å²) in [7, 11) is 2.19. The first kappa shape index (κ1) is 24.4. The van der Waals surface area contributed by atoms with Gasteiger partial charge < -0.3 is 14.8 Å². The van der Waals surface area contributed by atoms with Crippen molar-refractivity contribution in [3.05, 3.63) is 74.9 Å². The van der Waals surface area contributed by atoms with E-state index in [-0.39, 0.29) is 17.2 Å². The Morgan fingerprint density at radius 2 is 1.97 bits per heavy atom. The quantitative estimate of drug-likeness (QED) is 0.442. The Hall–Kier alpha value is -3.32. The topological polar surface area (TPSA) is 83.8 Å². The van der Waals surface area contributed by atoms with E-state index in [0.717, 1.165) is 25.4 Å². The molecule has 1 N–H and O–H groups in total. The number of para-hydroxylation sites is 1. The minimum atomic E-state index is -0.603. The Balaban J connectivity index is 1.45. The highest BCUT2D eigenvalue weighted by atomic mass is 16.3. The van der Waals surface area contributed by atoms with Crippen LogP contribution in [0.4, 0.5) is 11.4 Å². The Morgan fingerprint density at radius 1 is 1.17 bits per heavy atom. The maximum absolute atomic E-state index is 13.5. The molecule has 0 radical (unpaired) electrons. The maximum atomic E-state index is 13.5. The van der Waals surface area contributed by atoms with E-state index in [4.69, 9.17) is 0 Å². The number of amides is 1. The first-order valence-corrected chi connectivity index (χ1v) is 12.9. The molecule has 1 saturated heterocycles. The molecule has 2 fully saturated rings. The second-order valence-electron chi connectivity index (χ2n) is 11.1. The highest BCUT2D eigenvalue weighted by Crippen LogP contribution is 2.60. The van der Waals surface area contributed by atoms with E-state index < -0.39 is 11.5 Å². The van der Waals surface area contributed by atoms with E-state index in [1.54, 1.807) is 22.8 Å². The summed E-state index contributed by atoms with van der Waals surface area (Å²) >= 11 is 0. The van der Waals surface area contributed by atoms with Gasteiger partial charge in [0.05, 0.1) is 5.52 Å². The summed E-state index contributed by atoms with van der Waals surface area (Å²) in [6.45, 7) is 6.74. The standard InChI is InChI=1S/C29H34N4O3/c1-19(2)18-33-24-10-5-4-9-23(24)26(31-36)25(28(33)35)27(34)30-22-8-6-7-20(15-22)16-29-12-14-32(3)13-11-21(29)17-29/h4-10,15,19,21H,11-14,16-18H2,1-3H3,(H,30,34). The van der Waals surface area contributed by atoms with Crippen LogP contribution in [0.5, 0.6) is 0 Å². The van der Waals surface area contributed by atoms with E-state index in [2.05, 4.69) is 28.5 Å². The van der Waals surface area contributed by atoms with Gasteiger partial charge in [0.25, 0.3) is 11.5 Å². The van der Waals surface area contributed by atoms with E-state index in [1.165, 1.54) is 24.8 Å². The van der Waals surface area contributed by atoms with Gasteiger partial charge in [-0.1, -0.05) is 44.2 Å². The number of rotatable bonds is 7. The number of anilines is 1. The number of nitrogens with zero attached hydrogens (tertiary/aromatic N) is 3. The number of carbonyl (C=O) groups is 1. The van der Waals surface area contributed by atoms with Crippen molar-refractivity contribution >= 4 is 28.2 Å². The number of aromatic nitrogens is 1. The molecule has 3 aromatic rings. The van der Waals surface area contributed by atoms with Crippen molar-refractivity contribution in [2.24, 2.45) is 22.4 Å². The van der Waals surface area contributed by atoms with Crippen molar-refractivity contribution in [2.45, 2.75) is 46.1 Å². The van der Waals surface area contributed by atoms with Gasteiger partial charge in [-0.05, 0) is 92.0 Å². The minimum Gasteiger partial charge on any atom is -0.322 e. The number of fused-ring (bicyclic) bond motifs is 2. The molecule has 7 nitrogen and oxygen atoms in total. The van der Waals surface area contributed by atoms with Crippen molar-refractivity contribution in [1.29, 1.82) is 0 Å². The van der Waals surface area contributed by atoms with Crippen LogP contribution in [0.1, 0.15) is 49.0 Å². The van der Waals surface area contributed by atoms with Gasteiger partial charge >= 0.3 is 0 Å². The predicted octanol–water partition coefficient (Wildman–Crippen LogP) is 5.58. The lowest BCUT2D eigenvalue weighted by Gasteiger charge is -2.19. The largest absolute Gasteiger partial charge is 0.322 e. The zero-order valence-corrected chi connectivity index (χ0v) is 21.3. The molecule has 2 unspecified atom stereocenters. The summed E-state index contributed by atoms with van der Waals surface area (Å²) < 4.78 is 1.58. The summed E-state index contributed by atoms with van der Waals surface area (Å²) in [5, 5.41) is 6.53. The highest BCUT2D eigenvalue weighted by Gasteiger charge is 2.53. The predicted molar refractivity (Wildman–Crippen MR) is 144 cm³/mol.